The summed E-state index contributed by atoms with van der Waals surface area (Å²) in [6.07, 6.45) is 4.06. The molecule has 0 aromatic carbocycles. The van der Waals surface area contributed by atoms with Crippen LogP contribution in [0.15, 0.2) is 27.3 Å². The second-order valence-corrected chi connectivity index (χ2v) is 5.06. The van der Waals surface area contributed by atoms with Crippen molar-refractivity contribution in [2.45, 2.75) is 32.4 Å². The van der Waals surface area contributed by atoms with E-state index in [2.05, 4.69) is 27.3 Å². The van der Waals surface area contributed by atoms with E-state index in [1.807, 2.05) is 12.1 Å². The van der Waals surface area contributed by atoms with Gasteiger partial charge in [0.2, 0.25) is 0 Å². The normalized spacial score (nSPS) is 19.6. The van der Waals surface area contributed by atoms with Crippen molar-refractivity contribution in [2.75, 3.05) is 19.6 Å². The molecule has 1 fully saturated rings. The largest absolute Gasteiger partial charge is 0.459 e. The molecule has 2 aromatic heterocycles. The van der Waals surface area contributed by atoms with E-state index in [-0.39, 0.29) is 0 Å². The number of nitrogens with one attached hydrogen (secondary N) is 1. The lowest BCUT2D eigenvalue weighted by atomic mass is 10.1. The van der Waals surface area contributed by atoms with E-state index in [9.17, 15) is 0 Å². The Kier molecular flexibility index (Phi) is 4.13. The average Bonchev–Trinajstić information content (AvgIpc) is 3.16. The lowest BCUT2D eigenvalue weighted by Gasteiger charge is -2.32. The number of likely N-dealkylation sites (N-methyl/N-ethyl adjacent to an activating group) is 1. The number of piperidine rings is 1. The van der Waals surface area contributed by atoms with E-state index < -0.39 is 0 Å². The van der Waals surface area contributed by atoms with Crippen molar-refractivity contribution in [1.82, 2.24) is 20.4 Å². The van der Waals surface area contributed by atoms with Gasteiger partial charge in [-0.15, -0.1) is 0 Å². The topological polar surface area (TPSA) is 67.3 Å². The van der Waals surface area contributed by atoms with Gasteiger partial charge in [-0.3, -0.25) is 4.90 Å². The predicted octanol–water partition coefficient (Wildman–Crippen LogP) is 1.90. The SMILES string of the molecule is CCN(Cc1noc(-c2ccco2)n1)C1CCCNC1. The van der Waals surface area contributed by atoms with Gasteiger partial charge in [0.15, 0.2) is 11.6 Å². The van der Waals surface area contributed by atoms with Crippen LogP contribution in [0.25, 0.3) is 11.7 Å². The monoisotopic (exact) mass is 276 g/mol. The molecule has 3 rings (SSSR count). The van der Waals surface area contributed by atoms with Crippen molar-refractivity contribution in [1.29, 1.82) is 0 Å². The molecule has 1 atom stereocenters. The van der Waals surface area contributed by atoms with Gasteiger partial charge in [0, 0.05) is 12.6 Å². The Morgan fingerprint density at radius 1 is 1.50 bits per heavy atom. The predicted molar refractivity (Wildman–Crippen MR) is 74.0 cm³/mol. The van der Waals surface area contributed by atoms with Crippen molar-refractivity contribution in [2.24, 2.45) is 0 Å². The highest BCUT2D eigenvalue weighted by molar-refractivity contribution is 5.42. The minimum Gasteiger partial charge on any atom is -0.459 e. The van der Waals surface area contributed by atoms with Crippen LogP contribution in [0.1, 0.15) is 25.6 Å². The van der Waals surface area contributed by atoms with Gasteiger partial charge in [0.1, 0.15) is 0 Å². The Bertz CT molecular complexity index is 517. The van der Waals surface area contributed by atoms with E-state index >= 15 is 0 Å². The zero-order valence-electron chi connectivity index (χ0n) is 11.7. The quantitative estimate of drug-likeness (QED) is 0.899. The molecule has 0 bridgehead atoms. The molecule has 0 saturated carbocycles. The van der Waals surface area contributed by atoms with Crippen LogP contribution in [-0.4, -0.2) is 40.7 Å². The van der Waals surface area contributed by atoms with Gasteiger partial charge in [0.05, 0.1) is 12.8 Å². The molecule has 0 spiro atoms. The highest BCUT2D eigenvalue weighted by Crippen LogP contribution is 2.18. The number of rotatable bonds is 5. The molecule has 1 saturated heterocycles. The van der Waals surface area contributed by atoms with E-state index in [0.717, 1.165) is 19.6 Å². The summed E-state index contributed by atoms with van der Waals surface area (Å²) in [5, 5.41) is 7.49. The van der Waals surface area contributed by atoms with E-state index in [1.54, 1.807) is 6.26 Å². The third-order valence-corrected chi connectivity index (χ3v) is 3.74. The summed E-state index contributed by atoms with van der Waals surface area (Å²) in [6.45, 7) is 6.03. The molecule has 108 valence electrons. The third-order valence-electron chi connectivity index (χ3n) is 3.74. The third kappa shape index (κ3) is 2.91. The molecule has 1 unspecified atom stereocenters. The Morgan fingerprint density at radius 3 is 3.15 bits per heavy atom. The number of hydrogen-bond acceptors (Lipinski definition) is 6. The van der Waals surface area contributed by atoms with E-state index in [0.29, 0.717) is 30.1 Å². The van der Waals surface area contributed by atoms with Crippen LogP contribution in [-0.2, 0) is 6.54 Å². The average molecular weight is 276 g/mol. The first-order valence-corrected chi connectivity index (χ1v) is 7.18. The van der Waals surface area contributed by atoms with Gasteiger partial charge in [-0.2, -0.15) is 4.98 Å². The lowest BCUT2D eigenvalue weighted by molar-refractivity contribution is 0.161. The van der Waals surface area contributed by atoms with Crippen molar-refractivity contribution in [3.63, 3.8) is 0 Å². The van der Waals surface area contributed by atoms with Gasteiger partial charge in [-0.05, 0) is 38.1 Å². The van der Waals surface area contributed by atoms with Crippen LogP contribution < -0.4 is 5.32 Å². The standard InChI is InChI=1S/C14H20N4O2/c1-2-18(11-5-3-7-15-9-11)10-13-16-14(20-17-13)12-6-4-8-19-12/h4,6,8,11,15H,2-3,5,7,9-10H2,1H3. The summed E-state index contributed by atoms with van der Waals surface area (Å²) in [5.41, 5.74) is 0. The summed E-state index contributed by atoms with van der Waals surface area (Å²) in [6, 6.07) is 4.19. The van der Waals surface area contributed by atoms with Crippen LogP contribution in [0.4, 0.5) is 0 Å². The van der Waals surface area contributed by atoms with Crippen LogP contribution in [0.5, 0.6) is 0 Å². The Labute approximate surface area is 118 Å². The van der Waals surface area contributed by atoms with Crippen molar-refractivity contribution in [3.8, 4) is 11.7 Å². The summed E-state index contributed by atoms with van der Waals surface area (Å²) in [7, 11) is 0. The van der Waals surface area contributed by atoms with Crippen LogP contribution in [0, 0.1) is 0 Å². The van der Waals surface area contributed by atoms with E-state index in [1.165, 1.54) is 12.8 Å². The maximum Gasteiger partial charge on any atom is 0.293 e. The highest BCUT2D eigenvalue weighted by atomic mass is 16.5. The zero-order valence-corrected chi connectivity index (χ0v) is 11.7. The molecule has 20 heavy (non-hydrogen) atoms. The minimum atomic E-state index is 0.447. The van der Waals surface area contributed by atoms with Crippen LogP contribution >= 0.6 is 0 Å². The van der Waals surface area contributed by atoms with Gasteiger partial charge >= 0.3 is 0 Å². The molecule has 6 nitrogen and oxygen atoms in total. The first-order chi connectivity index (χ1) is 9.86. The molecule has 0 amide bonds. The van der Waals surface area contributed by atoms with Crippen molar-refractivity contribution >= 4 is 0 Å². The minimum absolute atomic E-state index is 0.447. The fourth-order valence-corrected chi connectivity index (χ4v) is 2.64. The fourth-order valence-electron chi connectivity index (χ4n) is 2.64. The van der Waals surface area contributed by atoms with Crippen LogP contribution in [0.3, 0.4) is 0 Å². The van der Waals surface area contributed by atoms with E-state index in [4.69, 9.17) is 8.94 Å². The molecule has 1 aliphatic rings. The number of aromatic nitrogens is 2. The van der Waals surface area contributed by atoms with Gasteiger partial charge in [-0.1, -0.05) is 12.1 Å². The Morgan fingerprint density at radius 2 is 2.45 bits per heavy atom. The summed E-state index contributed by atoms with van der Waals surface area (Å²) < 4.78 is 10.5. The maximum absolute atomic E-state index is 5.26. The van der Waals surface area contributed by atoms with Gasteiger partial charge in [0.25, 0.3) is 5.89 Å². The molecule has 0 radical (unpaired) electrons. The molecule has 3 heterocycles. The van der Waals surface area contributed by atoms with Gasteiger partial charge in [-0.25, -0.2) is 0 Å². The molecule has 1 N–H and O–H groups in total. The molecule has 2 aromatic rings. The second-order valence-electron chi connectivity index (χ2n) is 5.06. The number of nitrogens with zero attached hydrogens (tertiary/aromatic N) is 3. The Hall–Kier alpha value is -1.66. The molecule has 0 aliphatic carbocycles. The zero-order chi connectivity index (χ0) is 13.8. The maximum atomic E-state index is 5.26. The summed E-state index contributed by atoms with van der Waals surface area (Å²) in [4.78, 5) is 6.79. The van der Waals surface area contributed by atoms with Crippen molar-refractivity contribution < 1.29 is 8.94 Å². The second kappa shape index (κ2) is 6.19. The fraction of sp³-hybridized carbons (Fsp3) is 0.571. The molecular weight excluding hydrogens is 256 g/mol. The first-order valence-electron chi connectivity index (χ1n) is 7.18. The molecule has 6 heteroatoms. The summed E-state index contributed by atoms with van der Waals surface area (Å²) >= 11 is 0. The summed E-state index contributed by atoms with van der Waals surface area (Å²) in [5.74, 6) is 1.78. The van der Waals surface area contributed by atoms with Crippen LogP contribution in [0.2, 0.25) is 0 Å². The molecular formula is C14H20N4O2. The number of hydrogen-bond donors (Lipinski definition) is 1. The number of furan rings is 1. The smallest absolute Gasteiger partial charge is 0.293 e. The Balaban J connectivity index is 1.66. The van der Waals surface area contributed by atoms with Gasteiger partial charge < -0.3 is 14.3 Å². The first kappa shape index (κ1) is 13.3. The lowest BCUT2D eigenvalue weighted by Crippen LogP contribution is -2.45. The van der Waals surface area contributed by atoms with Crippen molar-refractivity contribution in [3.05, 3.63) is 24.2 Å². The molecule has 1 aliphatic heterocycles. The highest BCUT2D eigenvalue weighted by Gasteiger charge is 2.22.